The molecule has 0 saturated carbocycles. The summed E-state index contributed by atoms with van der Waals surface area (Å²) in [5.41, 5.74) is 1.04. The maximum Gasteiger partial charge on any atom is 0.298 e. The highest BCUT2D eigenvalue weighted by atomic mass is 16.5. The number of carbonyl (C=O) groups excluding carboxylic acids is 1. The highest BCUT2D eigenvalue weighted by Crippen LogP contribution is 2.26. The zero-order valence-corrected chi connectivity index (χ0v) is 7.49. The highest BCUT2D eigenvalue weighted by Gasteiger charge is 2.02. The number of rotatable bonds is 4. The van der Waals surface area contributed by atoms with Crippen molar-refractivity contribution in [3.8, 4) is 11.5 Å². The van der Waals surface area contributed by atoms with Crippen LogP contribution in [-0.2, 0) is 11.2 Å². The molecule has 0 aromatic heterocycles. The maximum atomic E-state index is 10.0. The van der Waals surface area contributed by atoms with Gasteiger partial charge in [0.05, 0.1) is 0 Å². The third kappa shape index (κ3) is 2.47. The first-order chi connectivity index (χ1) is 6.27. The van der Waals surface area contributed by atoms with Gasteiger partial charge in [0, 0.05) is 0 Å². The fraction of sp³-hybridized carbons (Fsp3) is 0.300. The van der Waals surface area contributed by atoms with E-state index in [1.54, 1.807) is 12.1 Å². The Bertz CT molecular complexity index is 294. The molecule has 0 heterocycles. The molecule has 3 heteroatoms. The van der Waals surface area contributed by atoms with Crippen LogP contribution < -0.4 is 4.74 Å². The van der Waals surface area contributed by atoms with E-state index in [9.17, 15) is 9.90 Å². The zero-order valence-electron chi connectivity index (χ0n) is 7.49. The van der Waals surface area contributed by atoms with Crippen LogP contribution in [0.25, 0.3) is 0 Å². The molecule has 0 aliphatic rings. The van der Waals surface area contributed by atoms with Crippen LogP contribution in [0.4, 0.5) is 0 Å². The Hall–Kier alpha value is -1.51. The van der Waals surface area contributed by atoms with E-state index in [1.807, 2.05) is 6.07 Å². The van der Waals surface area contributed by atoms with Crippen molar-refractivity contribution in [2.24, 2.45) is 0 Å². The minimum Gasteiger partial charge on any atom is -0.504 e. The van der Waals surface area contributed by atoms with Crippen LogP contribution in [0.2, 0.25) is 0 Å². The molecule has 0 radical (unpaired) electrons. The number of ether oxygens (including phenoxy) is 1. The average Bonchev–Trinajstić information content (AvgIpc) is 2.10. The van der Waals surface area contributed by atoms with E-state index in [0.717, 1.165) is 18.4 Å². The molecule has 70 valence electrons. The van der Waals surface area contributed by atoms with Crippen molar-refractivity contribution in [1.29, 1.82) is 0 Å². The van der Waals surface area contributed by atoms with Gasteiger partial charge in [-0.15, -0.1) is 0 Å². The van der Waals surface area contributed by atoms with Gasteiger partial charge in [-0.25, -0.2) is 0 Å². The lowest BCUT2D eigenvalue weighted by Crippen LogP contribution is -1.90. The number of aromatic hydroxyl groups is 1. The Labute approximate surface area is 77.0 Å². The molecular formula is C10H12O3. The summed E-state index contributed by atoms with van der Waals surface area (Å²) in [7, 11) is 0. The second-order valence-corrected chi connectivity index (χ2v) is 2.77. The van der Waals surface area contributed by atoms with Crippen molar-refractivity contribution >= 4 is 6.47 Å². The van der Waals surface area contributed by atoms with Gasteiger partial charge in [0.2, 0.25) is 0 Å². The van der Waals surface area contributed by atoms with E-state index >= 15 is 0 Å². The van der Waals surface area contributed by atoms with Crippen LogP contribution in [0.15, 0.2) is 18.2 Å². The molecule has 1 aromatic rings. The summed E-state index contributed by atoms with van der Waals surface area (Å²) in [6, 6.07) is 5.04. The molecule has 0 unspecified atom stereocenters. The second-order valence-electron chi connectivity index (χ2n) is 2.77. The molecular weight excluding hydrogens is 168 g/mol. The Morgan fingerprint density at radius 1 is 1.54 bits per heavy atom. The standard InChI is InChI=1S/C10H12O3/c1-2-3-8-4-5-10(13-7-11)9(12)6-8/h4-7,12H,2-3H2,1H3. The summed E-state index contributed by atoms with van der Waals surface area (Å²) in [5.74, 6) is 0.216. The minimum atomic E-state index is 0.0121. The fourth-order valence-electron chi connectivity index (χ4n) is 1.16. The first-order valence-electron chi connectivity index (χ1n) is 4.20. The molecule has 0 aliphatic carbocycles. The summed E-state index contributed by atoms with van der Waals surface area (Å²) in [5, 5.41) is 9.37. The topological polar surface area (TPSA) is 46.5 Å². The Morgan fingerprint density at radius 2 is 2.31 bits per heavy atom. The van der Waals surface area contributed by atoms with Crippen molar-refractivity contribution in [3.05, 3.63) is 23.8 Å². The maximum absolute atomic E-state index is 10.0. The predicted molar refractivity (Wildman–Crippen MR) is 48.8 cm³/mol. The molecule has 0 saturated heterocycles. The fourth-order valence-corrected chi connectivity index (χ4v) is 1.16. The molecule has 0 atom stereocenters. The molecule has 1 rings (SSSR count). The number of phenols is 1. The van der Waals surface area contributed by atoms with Crippen molar-refractivity contribution < 1.29 is 14.6 Å². The van der Waals surface area contributed by atoms with E-state index in [-0.39, 0.29) is 11.5 Å². The molecule has 0 amide bonds. The number of hydrogen-bond donors (Lipinski definition) is 1. The number of hydrogen-bond acceptors (Lipinski definition) is 3. The molecule has 0 aliphatic heterocycles. The summed E-state index contributed by atoms with van der Waals surface area (Å²) in [6.45, 7) is 2.36. The van der Waals surface area contributed by atoms with Crippen LogP contribution in [0.3, 0.4) is 0 Å². The average molecular weight is 180 g/mol. The highest BCUT2D eigenvalue weighted by molar-refractivity contribution is 5.51. The quantitative estimate of drug-likeness (QED) is 0.719. The lowest BCUT2D eigenvalue weighted by atomic mass is 10.1. The van der Waals surface area contributed by atoms with Gasteiger partial charge in [-0.2, -0.15) is 0 Å². The molecule has 1 aromatic carbocycles. The van der Waals surface area contributed by atoms with Crippen LogP contribution in [0.5, 0.6) is 11.5 Å². The molecule has 13 heavy (non-hydrogen) atoms. The molecule has 3 nitrogen and oxygen atoms in total. The largest absolute Gasteiger partial charge is 0.504 e. The summed E-state index contributed by atoms with van der Waals surface area (Å²) >= 11 is 0. The van der Waals surface area contributed by atoms with Crippen molar-refractivity contribution in [2.45, 2.75) is 19.8 Å². The van der Waals surface area contributed by atoms with Gasteiger partial charge in [-0.05, 0) is 24.1 Å². The van der Waals surface area contributed by atoms with Gasteiger partial charge in [0.25, 0.3) is 6.47 Å². The molecule has 0 fully saturated rings. The SMILES string of the molecule is CCCc1ccc(OC=O)c(O)c1. The first kappa shape index (κ1) is 9.58. The van der Waals surface area contributed by atoms with Crippen molar-refractivity contribution in [3.63, 3.8) is 0 Å². The summed E-state index contributed by atoms with van der Waals surface area (Å²) < 4.78 is 4.54. The van der Waals surface area contributed by atoms with Gasteiger partial charge in [0.15, 0.2) is 11.5 Å². The minimum absolute atomic E-state index is 0.0121. The van der Waals surface area contributed by atoms with Crippen LogP contribution in [0.1, 0.15) is 18.9 Å². The van der Waals surface area contributed by atoms with Gasteiger partial charge in [-0.3, -0.25) is 4.79 Å². The van der Waals surface area contributed by atoms with E-state index in [0.29, 0.717) is 6.47 Å². The van der Waals surface area contributed by atoms with Crippen molar-refractivity contribution in [1.82, 2.24) is 0 Å². The van der Waals surface area contributed by atoms with Gasteiger partial charge in [-0.1, -0.05) is 19.4 Å². The Balaban J connectivity index is 2.84. The van der Waals surface area contributed by atoms with E-state index in [4.69, 9.17) is 0 Å². The summed E-state index contributed by atoms with van der Waals surface area (Å²) in [6.07, 6.45) is 1.93. The molecule has 1 N–H and O–H groups in total. The third-order valence-electron chi connectivity index (χ3n) is 1.74. The predicted octanol–water partition coefficient (Wildman–Crippen LogP) is 1.88. The Morgan fingerprint density at radius 3 is 2.85 bits per heavy atom. The number of phenolic OH excluding ortho intramolecular Hbond substituents is 1. The lowest BCUT2D eigenvalue weighted by Gasteiger charge is -2.03. The van der Waals surface area contributed by atoms with Crippen LogP contribution in [-0.4, -0.2) is 11.6 Å². The Kier molecular flexibility index (Phi) is 3.31. The second kappa shape index (κ2) is 4.50. The third-order valence-corrected chi connectivity index (χ3v) is 1.74. The normalized spacial score (nSPS) is 9.62. The smallest absolute Gasteiger partial charge is 0.298 e. The number of benzene rings is 1. The first-order valence-corrected chi connectivity index (χ1v) is 4.20. The van der Waals surface area contributed by atoms with E-state index < -0.39 is 0 Å². The van der Waals surface area contributed by atoms with E-state index in [1.165, 1.54) is 0 Å². The van der Waals surface area contributed by atoms with Crippen LogP contribution in [0, 0.1) is 0 Å². The van der Waals surface area contributed by atoms with E-state index in [2.05, 4.69) is 11.7 Å². The monoisotopic (exact) mass is 180 g/mol. The lowest BCUT2D eigenvalue weighted by molar-refractivity contribution is -0.120. The molecule has 0 bridgehead atoms. The zero-order chi connectivity index (χ0) is 9.68. The molecule has 0 spiro atoms. The van der Waals surface area contributed by atoms with Gasteiger partial charge >= 0.3 is 0 Å². The number of carbonyl (C=O) groups is 1. The van der Waals surface area contributed by atoms with Gasteiger partial charge in [0.1, 0.15) is 0 Å². The van der Waals surface area contributed by atoms with Crippen molar-refractivity contribution in [2.75, 3.05) is 0 Å². The summed E-state index contributed by atoms with van der Waals surface area (Å²) in [4.78, 5) is 10.0. The number of aryl methyl sites for hydroxylation is 1. The van der Waals surface area contributed by atoms with Gasteiger partial charge < -0.3 is 9.84 Å². The van der Waals surface area contributed by atoms with Crippen LogP contribution >= 0.6 is 0 Å².